The molecule has 1 aromatic heterocycles. The Morgan fingerprint density at radius 1 is 1.71 bits per heavy atom. The summed E-state index contributed by atoms with van der Waals surface area (Å²) in [6, 6.07) is 0.574. The molecule has 1 aliphatic rings. The summed E-state index contributed by atoms with van der Waals surface area (Å²) in [6.07, 6.45) is 5.62. The minimum atomic E-state index is 0.574. The van der Waals surface area contributed by atoms with Gasteiger partial charge in [0.1, 0.15) is 6.33 Å². The second kappa shape index (κ2) is 4.49. The van der Waals surface area contributed by atoms with Crippen LogP contribution >= 0.6 is 24.0 Å². The largest absolute Gasteiger partial charge is 0.304 e. The molecule has 0 spiro atoms. The molecule has 5 heteroatoms. The molecule has 78 valence electrons. The lowest BCUT2D eigenvalue weighted by Crippen LogP contribution is -2.05. The highest BCUT2D eigenvalue weighted by Crippen LogP contribution is 2.36. The van der Waals surface area contributed by atoms with E-state index < -0.39 is 0 Å². The summed E-state index contributed by atoms with van der Waals surface area (Å²) in [4.78, 5) is 0. The summed E-state index contributed by atoms with van der Waals surface area (Å²) < 4.78 is 2.86. The zero-order chi connectivity index (χ0) is 9.97. The summed E-state index contributed by atoms with van der Waals surface area (Å²) >= 11 is 7.23. The lowest BCUT2D eigenvalue weighted by atomic mass is 10.2. The topological polar surface area (TPSA) is 33.6 Å². The van der Waals surface area contributed by atoms with Crippen molar-refractivity contribution in [2.75, 3.05) is 5.75 Å². The summed E-state index contributed by atoms with van der Waals surface area (Å²) in [7, 11) is 0. The molecule has 2 rings (SSSR count). The summed E-state index contributed by atoms with van der Waals surface area (Å²) in [5, 5.41) is 7.60. The van der Waals surface area contributed by atoms with Gasteiger partial charge >= 0.3 is 0 Å². The zero-order valence-electron chi connectivity index (χ0n) is 8.27. The van der Waals surface area contributed by atoms with Crippen LogP contribution in [0.2, 0.25) is 0 Å². The summed E-state index contributed by atoms with van der Waals surface area (Å²) in [5.74, 6) is 1.22. The molecule has 1 heterocycles. The normalized spacial score (nSPS) is 26.9. The SMILES string of the molecule is CCSC1CCC(n2cn[nH]c2=S)C1. The number of H-pyrrole nitrogens is 1. The third-order valence-corrected chi connectivity index (χ3v) is 4.26. The van der Waals surface area contributed by atoms with Crippen LogP contribution in [0.1, 0.15) is 32.2 Å². The highest BCUT2D eigenvalue weighted by atomic mass is 32.2. The molecule has 2 unspecified atom stereocenters. The van der Waals surface area contributed by atoms with Crippen LogP contribution in [0, 0.1) is 4.77 Å². The van der Waals surface area contributed by atoms with Crippen molar-refractivity contribution in [2.45, 2.75) is 37.5 Å². The molecular weight excluding hydrogens is 214 g/mol. The predicted molar refractivity (Wildman–Crippen MR) is 62.2 cm³/mol. The fourth-order valence-electron chi connectivity index (χ4n) is 2.07. The van der Waals surface area contributed by atoms with Crippen molar-refractivity contribution in [3.8, 4) is 0 Å². The van der Waals surface area contributed by atoms with Gasteiger partial charge in [-0.1, -0.05) is 6.92 Å². The smallest absolute Gasteiger partial charge is 0.195 e. The molecule has 14 heavy (non-hydrogen) atoms. The molecule has 0 aromatic carbocycles. The van der Waals surface area contributed by atoms with Gasteiger partial charge in [-0.3, -0.25) is 5.10 Å². The van der Waals surface area contributed by atoms with Crippen LogP contribution in [0.25, 0.3) is 0 Å². The van der Waals surface area contributed by atoms with Crippen molar-refractivity contribution < 1.29 is 0 Å². The molecule has 1 fully saturated rings. The maximum absolute atomic E-state index is 5.16. The lowest BCUT2D eigenvalue weighted by molar-refractivity contribution is 0.512. The monoisotopic (exact) mass is 229 g/mol. The fourth-order valence-corrected chi connectivity index (χ4v) is 3.46. The van der Waals surface area contributed by atoms with Crippen LogP contribution in [0.4, 0.5) is 0 Å². The van der Waals surface area contributed by atoms with Crippen molar-refractivity contribution >= 4 is 24.0 Å². The molecule has 1 aromatic rings. The van der Waals surface area contributed by atoms with Gasteiger partial charge in [0.2, 0.25) is 0 Å². The van der Waals surface area contributed by atoms with Crippen molar-refractivity contribution in [2.24, 2.45) is 0 Å². The van der Waals surface area contributed by atoms with E-state index in [1.165, 1.54) is 25.0 Å². The number of hydrogen-bond acceptors (Lipinski definition) is 3. The van der Waals surface area contributed by atoms with E-state index in [1.807, 2.05) is 6.33 Å². The summed E-state index contributed by atoms with van der Waals surface area (Å²) in [5.41, 5.74) is 0. The van der Waals surface area contributed by atoms with Gasteiger partial charge in [-0.05, 0) is 37.2 Å². The van der Waals surface area contributed by atoms with E-state index in [9.17, 15) is 0 Å². The Bertz CT molecular complexity index is 344. The molecule has 1 aliphatic carbocycles. The molecule has 3 nitrogen and oxygen atoms in total. The number of aromatic amines is 1. The van der Waals surface area contributed by atoms with Gasteiger partial charge < -0.3 is 4.57 Å². The molecule has 0 saturated heterocycles. The Morgan fingerprint density at radius 3 is 3.21 bits per heavy atom. The van der Waals surface area contributed by atoms with Gasteiger partial charge in [0.25, 0.3) is 0 Å². The Morgan fingerprint density at radius 2 is 2.57 bits per heavy atom. The Labute approximate surface area is 93.3 Å². The van der Waals surface area contributed by atoms with E-state index in [4.69, 9.17) is 12.2 Å². The van der Waals surface area contributed by atoms with Crippen molar-refractivity contribution in [3.05, 3.63) is 11.1 Å². The number of nitrogens with zero attached hydrogens (tertiary/aromatic N) is 2. The zero-order valence-corrected chi connectivity index (χ0v) is 9.90. The van der Waals surface area contributed by atoms with Crippen molar-refractivity contribution in [1.29, 1.82) is 0 Å². The fraction of sp³-hybridized carbons (Fsp3) is 0.778. The van der Waals surface area contributed by atoms with Crippen LogP contribution < -0.4 is 0 Å². The number of thioether (sulfide) groups is 1. The molecule has 0 radical (unpaired) electrons. The first kappa shape index (κ1) is 10.2. The first-order chi connectivity index (χ1) is 6.81. The predicted octanol–water partition coefficient (Wildman–Crippen LogP) is 2.79. The van der Waals surface area contributed by atoms with E-state index in [0.29, 0.717) is 6.04 Å². The van der Waals surface area contributed by atoms with Crippen LogP contribution in [0.15, 0.2) is 6.33 Å². The third kappa shape index (κ3) is 2.03. The second-order valence-electron chi connectivity index (χ2n) is 3.61. The van der Waals surface area contributed by atoms with Crippen LogP contribution in [-0.2, 0) is 0 Å². The number of nitrogens with one attached hydrogen (secondary N) is 1. The molecule has 0 amide bonds. The van der Waals surface area contributed by atoms with E-state index >= 15 is 0 Å². The molecule has 1 N–H and O–H groups in total. The van der Waals surface area contributed by atoms with Gasteiger partial charge in [0, 0.05) is 11.3 Å². The second-order valence-corrected chi connectivity index (χ2v) is 5.58. The van der Waals surface area contributed by atoms with Gasteiger partial charge in [-0.25, -0.2) is 0 Å². The molecular formula is C9H15N3S2. The lowest BCUT2D eigenvalue weighted by Gasteiger charge is -2.10. The first-order valence-corrected chi connectivity index (χ1v) is 6.50. The average Bonchev–Trinajstić information content (AvgIpc) is 2.74. The Hall–Kier alpha value is -0.290. The number of aromatic nitrogens is 3. The van der Waals surface area contributed by atoms with Crippen molar-refractivity contribution in [1.82, 2.24) is 14.8 Å². The Balaban J connectivity index is 2.02. The maximum Gasteiger partial charge on any atom is 0.195 e. The van der Waals surface area contributed by atoms with Gasteiger partial charge in [-0.15, -0.1) is 0 Å². The van der Waals surface area contributed by atoms with E-state index in [1.54, 1.807) is 0 Å². The van der Waals surface area contributed by atoms with Gasteiger partial charge in [-0.2, -0.15) is 16.9 Å². The highest BCUT2D eigenvalue weighted by Gasteiger charge is 2.25. The van der Waals surface area contributed by atoms with E-state index in [0.717, 1.165) is 10.0 Å². The minimum Gasteiger partial charge on any atom is -0.304 e. The quantitative estimate of drug-likeness (QED) is 0.809. The van der Waals surface area contributed by atoms with Crippen molar-refractivity contribution in [3.63, 3.8) is 0 Å². The Kier molecular flexibility index (Phi) is 3.28. The molecule has 0 bridgehead atoms. The van der Waals surface area contributed by atoms with E-state index in [-0.39, 0.29) is 0 Å². The standard InChI is InChI=1S/C9H15N3S2/c1-2-14-8-4-3-7(5-8)12-6-10-11-9(12)13/h6-8H,2-5H2,1H3,(H,11,13). The number of hydrogen-bond donors (Lipinski definition) is 1. The third-order valence-electron chi connectivity index (χ3n) is 2.73. The van der Waals surface area contributed by atoms with Gasteiger partial charge in [0.15, 0.2) is 4.77 Å². The minimum absolute atomic E-state index is 0.574. The summed E-state index contributed by atoms with van der Waals surface area (Å²) in [6.45, 7) is 2.22. The number of rotatable bonds is 3. The van der Waals surface area contributed by atoms with E-state index in [2.05, 4.69) is 33.5 Å². The van der Waals surface area contributed by atoms with Crippen LogP contribution in [0.3, 0.4) is 0 Å². The molecule has 1 saturated carbocycles. The average molecular weight is 229 g/mol. The molecule has 2 atom stereocenters. The first-order valence-electron chi connectivity index (χ1n) is 5.04. The van der Waals surface area contributed by atoms with Crippen LogP contribution in [0.5, 0.6) is 0 Å². The van der Waals surface area contributed by atoms with Crippen LogP contribution in [-0.4, -0.2) is 25.8 Å². The molecule has 0 aliphatic heterocycles. The highest BCUT2D eigenvalue weighted by molar-refractivity contribution is 7.99. The van der Waals surface area contributed by atoms with Gasteiger partial charge in [0.05, 0.1) is 0 Å². The maximum atomic E-state index is 5.16.